The highest BCUT2D eigenvalue weighted by Crippen LogP contribution is 2.38. The van der Waals surface area contributed by atoms with Crippen molar-refractivity contribution in [2.75, 3.05) is 31.1 Å². The molecule has 1 saturated heterocycles. The summed E-state index contributed by atoms with van der Waals surface area (Å²) >= 11 is 0. The third kappa shape index (κ3) is 4.43. The van der Waals surface area contributed by atoms with Crippen LogP contribution in [0.1, 0.15) is 30.5 Å². The van der Waals surface area contributed by atoms with E-state index in [2.05, 4.69) is 20.0 Å². The highest BCUT2D eigenvalue weighted by Gasteiger charge is 2.29. The largest absolute Gasteiger partial charge is 0.370 e. The van der Waals surface area contributed by atoms with Crippen LogP contribution in [-0.4, -0.2) is 47.2 Å². The maximum atomic E-state index is 13.0. The first-order valence-corrected chi connectivity index (χ1v) is 8.57. The van der Waals surface area contributed by atoms with Gasteiger partial charge in [0.25, 0.3) is 0 Å². The molecular formula is C17H22FIN6O. The fourth-order valence-corrected chi connectivity index (χ4v) is 2.93. The van der Waals surface area contributed by atoms with Gasteiger partial charge in [0.05, 0.1) is 0 Å². The van der Waals surface area contributed by atoms with Gasteiger partial charge in [-0.2, -0.15) is 4.98 Å². The number of hydrogen-bond acceptors (Lipinski definition) is 5. The summed E-state index contributed by atoms with van der Waals surface area (Å²) in [6.07, 6.45) is 2.26. The van der Waals surface area contributed by atoms with Gasteiger partial charge in [0.2, 0.25) is 5.89 Å². The Balaban J connectivity index is 0.00000196. The quantitative estimate of drug-likeness (QED) is 0.418. The van der Waals surface area contributed by atoms with Crippen molar-refractivity contribution >= 4 is 35.6 Å². The molecule has 1 saturated carbocycles. The number of nitrogens with two attached hydrogens (primary N) is 1. The summed E-state index contributed by atoms with van der Waals surface area (Å²) in [6, 6.07) is 6.57. The first-order valence-electron chi connectivity index (χ1n) is 8.57. The number of guanidine groups is 1. The number of aromatic nitrogens is 2. The summed E-state index contributed by atoms with van der Waals surface area (Å²) in [6.45, 7) is 3.50. The SMILES string of the molecule is I.NC(=NCc1noc(C2CC2)n1)N1CCN(c2ccc(F)cc2)CC1. The first kappa shape index (κ1) is 18.9. The van der Waals surface area contributed by atoms with Gasteiger partial charge in [0, 0.05) is 37.8 Å². The number of nitrogens with zero attached hydrogens (tertiary/aromatic N) is 5. The van der Waals surface area contributed by atoms with E-state index in [1.165, 1.54) is 12.1 Å². The minimum atomic E-state index is -0.218. The molecular weight excluding hydrogens is 450 g/mol. The van der Waals surface area contributed by atoms with E-state index in [0.717, 1.165) is 50.6 Å². The molecule has 4 rings (SSSR count). The number of benzene rings is 1. The third-order valence-electron chi connectivity index (χ3n) is 4.59. The van der Waals surface area contributed by atoms with E-state index in [4.69, 9.17) is 10.3 Å². The Kier molecular flexibility index (Phi) is 5.94. The van der Waals surface area contributed by atoms with Crippen molar-refractivity contribution in [2.45, 2.75) is 25.3 Å². The Morgan fingerprint density at radius 3 is 2.54 bits per heavy atom. The van der Waals surface area contributed by atoms with Gasteiger partial charge < -0.3 is 20.1 Å². The number of aliphatic imine (C=N–C) groups is 1. The zero-order valence-electron chi connectivity index (χ0n) is 14.3. The Bertz CT molecular complexity index is 753. The molecule has 7 nitrogen and oxygen atoms in total. The molecule has 2 N–H and O–H groups in total. The molecule has 140 valence electrons. The van der Waals surface area contributed by atoms with E-state index in [-0.39, 0.29) is 29.8 Å². The molecule has 0 bridgehead atoms. The average molecular weight is 472 g/mol. The minimum Gasteiger partial charge on any atom is -0.370 e. The minimum absolute atomic E-state index is 0. The van der Waals surface area contributed by atoms with E-state index in [1.807, 2.05) is 4.90 Å². The molecule has 9 heteroatoms. The van der Waals surface area contributed by atoms with Gasteiger partial charge >= 0.3 is 0 Å². The van der Waals surface area contributed by atoms with E-state index in [9.17, 15) is 4.39 Å². The highest BCUT2D eigenvalue weighted by atomic mass is 127. The van der Waals surface area contributed by atoms with Gasteiger partial charge in [-0.3, -0.25) is 0 Å². The molecule has 0 atom stereocenters. The van der Waals surface area contributed by atoms with Crippen molar-refractivity contribution in [3.63, 3.8) is 0 Å². The molecule has 2 fully saturated rings. The molecule has 1 aromatic heterocycles. The normalized spacial score (nSPS) is 18.0. The Morgan fingerprint density at radius 2 is 1.88 bits per heavy atom. The number of rotatable bonds is 4. The first-order chi connectivity index (χ1) is 12.2. The van der Waals surface area contributed by atoms with Crippen LogP contribution in [0.2, 0.25) is 0 Å². The van der Waals surface area contributed by atoms with Crippen LogP contribution >= 0.6 is 24.0 Å². The molecule has 2 heterocycles. The number of anilines is 1. The van der Waals surface area contributed by atoms with Gasteiger partial charge in [-0.05, 0) is 37.1 Å². The van der Waals surface area contributed by atoms with Crippen LogP contribution in [0.5, 0.6) is 0 Å². The van der Waals surface area contributed by atoms with Gasteiger partial charge in [-0.15, -0.1) is 24.0 Å². The number of piperazine rings is 1. The van der Waals surface area contributed by atoms with Crippen LogP contribution in [-0.2, 0) is 6.54 Å². The van der Waals surface area contributed by atoms with E-state index < -0.39 is 0 Å². The maximum Gasteiger partial charge on any atom is 0.229 e. The lowest BCUT2D eigenvalue weighted by molar-refractivity contribution is 0.372. The maximum absolute atomic E-state index is 13.0. The molecule has 26 heavy (non-hydrogen) atoms. The smallest absolute Gasteiger partial charge is 0.229 e. The predicted molar refractivity (Wildman–Crippen MR) is 107 cm³/mol. The number of hydrogen-bond donors (Lipinski definition) is 1. The highest BCUT2D eigenvalue weighted by molar-refractivity contribution is 14.0. The lowest BCUT2D eigenvalue weighted by Crippen LogP contribution is -2.51. The van der Waals surface area contributed by atoms with Crippen LogP contribution < -0.4 is 10.6 Å². The standard InChI is InChI=1S/C17H21FN6O.HI/c18-13-3-5-14(6-4-13)23-7-9-24(10-8-23)17(19)20-11-15-21-16(25-22-15)12-1-2-12;/h3-6,12H,1-2,7-11H2,(H2,19,20);1H. The second-order valence-corrected chi connectivity index (χ2v) is 6.45. The topological polar surface area (TPSA) is 83.8 Å². The zero-order chi connectivity index (χ0) is 17.2. The van der Waals surface area contributed by atoms with Gasteiger partial charge in [-0.1, -0.05) is 5.16 Å². The van der Waals surface area contributed by atoms with Crippen molar-refractivity contribution in [3.05, 3.63) is 41.8 Å². The van der Waals surface area contributed by atoms with Gasteiger partial charge in [-0.25, -0.2) is 9.38 Å². The molecule has 2 aliphatic rings. The summed E-state index contributed by atoms with van der Waals surface area (Å²) in [5.41, 5.74) is 7.12. The van der Waals surface area contributed by atoms with Crippen LogP contribution in [0.4, 0.5) is 10.1 Å². The van der Waals surface area contributed by atoms with Crippen LogP contribution in [0.25, 0.3) is 0 Å². The fraction of sp³-hybridized carbons (Fsp3) is 0.471. The lowest BCUT2D eigenvalue weighted by Gasteiger charge is -2.36. The van der Waals surface area contributed by atoms with Crippen molar-refractivity contribution in [2.24, 2.45) is 10.7 Å². The Labute approximate surface area is 168 Å². The van der Waals surface area contributed by atoms with Gasteiger partial charge in [0.15, 0.2) is 11.8 Å². The second-order valence-electron chi connectivity index (χ2n) is 6.45. The summed E-state index contributed by atoms with van der Waals surface area (Å²) in [5, 5.41) is 3.95. The summed E-state index contributed by atoms with van der Waals surface area (Å²) < 4.78 is 18.2. The van der Waals surface area contributed by atoms with Crippen molar-refractivity contribution < 1.29 is 8.91 Å². The van der Waals surface area contributed by atoms with Crippen LogP contribution in [0.3, 0.4) is 0 Å². The molecule has 1 aromatic carbocycles. The fourth-order valence-electron chi connectivity index (χ4n) is 2.93. The molecule has 1 aliphatic heterocycles. The molecule has 2 aromatic rings. The van der Waals surface area contributed by atoms with Crippen molar-refractivity contribution in [3.8, 4) is 0 Å². The van der Waals surface area contributed by atoms with Crippen LogP contribution in [0, 0.1) is 5.82 Å². The van der Waals surface area contributed by atoms with Crippen molar-refractivity contribution in [1.82, 2.24) is 15.0 Å². The van der Waals surface area contributed by atoms with E-state index in [0.29, 0.717) is 24.2 Å². The summed E-state index contributed by atoms with van der Waals surface area (Å²) in [4.78, 5) is 13.0. The monoisotopic (exact) mass is 472 g/mol. The Morgan fingerprint density at radius 1 is 1.19 bits per heavy atom. The lowest BCUT2D eigenvalue weighted by atomic mass is 10.2. The van der Waals surface area contributed by atoms with E-state index >= 15 is 0 Å². The van der Waals surface area contributed by atoms with Gasteiger partial charge in [0.1, 0.15) is 12.4 Å². The molecule has 0 amide bonds. The molecule has 0 radical (unpaired) electrons. The van der Waals surface area contributed by atoms with E-state index in [1.54, 1.807) is 12.1 Å². The van der Waals surface area contributed by atoms with Crippen LogP contribution in [0.15, 0.2) is 33.8 Å². The molecule has 0 spiro atoms. The summed E-state index contributed by atoms with van der Waals surface area (Å²) in [7, 11) is 0. The third-order valence-corrected chi connectivity index (χ3v) is 4.59. The number of halogens is 2. The average Bonchev–Trinajstić information content (AvgIpc) is 3.39. The van der Waals surface area contributed by atoms with Crippen molar-refractivity contribution in [1.29, 1.82) is 0 Å². The Hall–Kier alpha value is -1.91. The predicted octanol–water partition coefficient (Wildman–Crippen LogP) is 2.34. The second kappa shape index (κ2) is 8.19. The molecule has 0 unspecified atom stereocenters. The zero-order valence-corrected chi connectivity index (χ0v) is 16.7. The summed E-state index contributed by atoms with van der Waals surface area (Å²) in [5.74, 6) is 2.02. The molecule has 1 aliphatic carbocycles.